The summed E-state index contributed by atoms with van der Waals surface area (Å²) in [5.74, 6) is 1.15. The smallest absolute Gasteiger partial charge is 0.230 e. The van der Waals surface area contributed by atoms with Crippen LogP contribution < -0.4 is 10.1 Å². The van der Waals surface area contributed by atoms with Gasteiger partial charge >= 0.3 is 0 Å². The highest BCUT2D eigenvalue weighted by Gasteiger charge is 2.07. The third-order valence-corrected chi connectivity index (χ3v) is 4.05. The largest absolute Gasteiger partial charge is 0.496 e. The second kappa shape index (κ2) is 8.44. The summed E-state index contributed by atoms with van der Waals surface area (Å²) in [5, 5.41) is 2.86. The van der Waals surface area contributed by atoms with E-state index in [1.54, 1.807) is 13.2 Å². The Balaban J connectivity index is 1.76. The van der Waals surface area contributed by atoms with E-state index in [4.69, 9.17) is 4.74 Å². The lowest BCUT2D eigenvalue weighted by molar-refractivity contribution is -0.118. The molecule has 0 radical (unpaired) electrons. The molecule has 0 bridgehead atoms. The summed E-state index contributed by atoms with van der Waals surface area (Å²) in [4.78, 5) is 11.8. The van der Waals surface area contributed by atoms with Gasteiger partial charge in [0.15, 0.2) is 0 Å². The molecule has 3 nitrogen and oxygen atoms in total. The van der Waals surface area contributed by atoms with E-state index < -0.39 is 0 Å². The van der Waals surface area contributed by atoms with Crippen molar-refractivity contribution in [3.05, 3.63) is 65.5 Å². The first kappa shape index (κ1) is 16.4. The van der Waals surface area contributed by atoms with Gasteiger partial charge in [-0.15, -0.1) is 11.8 Å². The Kier molecular flexibility index (Phi) is 6.27. The lowest BCUT2D eigenvalue weighted by Crippen LogP contribution is -2.24. The fourth-order valence-corrected chi connectivity index (χ4v) is 2.80. The van der Waals surface area contributed by atoms with Crippen LogP contribution in [0.2, 0.25) is 0 Å². The number of ether oxygens (including phenoxy) is 1. The Hall–Kier alpha value is -2.01. The average molecular weight is 319 g/mol. The molecule has 0 saturated carbocycles. The van der Waals surface area contributed by atoms with Crippen LogP contribution in [0.1, 0.15) is 11.1 Å². The molecule has 2 aromatic carbocycles. The topological polar surface area (TPSA) is 38.3 Å². The molecule has 2 rings (SSSR count). The third-order valence-electron chi connectivity index (χ3n) is 3.07. The van der Waals surface area contributed by atoms with E-state index in [0.29, 0.717) is 23.8 Å². The van der Waals surface area contributed by atoms with Crippen molar-refractivity contribution in [3.8, 4) is 5.75 Å². The van der Waals surface area contributed by atoms with E-state index >= 15 is 0 Å². The predicted octanol–water partition coefficient (Wildman–Crippen LogP) is 3.38. The number of hydrogen-bond donors (Lipinski definition) is 1. The lowest BCUT2D eigenvalue weighted by Gasteiger charge is -2.09. The number of methoxy groups -OCH3 is 1. The van der Waals surface area contributed by atoms with Gasteiger partial charge in [0.05, 0.1) is 12.9 Å². The molecule has 0 aliphatic carbocycles. The quantitative estimate of drug-likeness (QED) is 0.850. The molecule has 2 aromatic rings. The third kappa shape index (κ3) is 5.07. The van der Waals surface area contributed by atoms with Crippen molar-refractivity contribution < 1.29 is 13.9 Å². The zero-order valence-corrected chi connectivity index (χ0v) is 13.2. The van der Waals surface area contributed by atoms with E-state index in [1.165, 1.54) is 23.9 Å². The van der Waals surface area contributed by atoms with Crippen LogP contribution in [0.4, 0.5) is 4.39 Å². The number of thioether (sulfide) groups is 1. The van der Waals surface area contributed by atoms with Crippen LogP contribution in [-0.2, 0) is 17.1 Å². The van der Waals surface area contributed by atoms with Crippen LogP contribution in [0.15, 0.2) is 48.5 Å². The van der Waals surface area contributed by atoms with Gasteiger partial charge in [0.2, 0.25) is 5.91 Å². The van der Waals surface area contributed by atoms with Crippen molar-refractivity contribution in [2.24, 2.45) is 0 Å². The average Bonchev–Trinajstić information content (AvgIpc) is 2.54. The van der Waals surface area contributed by atoms with Crippen LogP contribution in [0, 0.1) is 5.82 Å². The van der Waals surface area contributed by atoms with Crippen molar-refractivity contribution in [2.45, 2.75) is 12.3 Å². The molecule has 0 fully saturated rings. The molecule has 1 N–H and O–H groups in total. The van der Waals surface area contributed by atoms with Gasteiger partial charge in [-0.2, -0.15) is 0 Å². The Bertz CT molecular complexity index is 619. The zero-order valence-electron chi connectivity index (χ0n) is 12.3. The maximum atomic E-state index is 13.2. The molecule has 0 saturated heterocycles. The van der Waals surface area contributed by atoms with Gasteiger partial charge in [0.1, 0.15) is 11.6 Å². The van der Waals surface area contributed by atoms with Crippen LogP contribution in [0.25, 0.3) is 0 Å². The Morgan fingerprint density at radius 3 is 2.73 bits per heavy atom. The highest BCUT2D eigenvalue weighted by molar-refractivity contribution is 7.99. The summed E-state index contributed by atoms with van der Waals surface area (Å²) in [6, 6.07) is 14.1. The number of benzene rings is 2. The van der Waals surface area contributed by atoms with Gasteiger partial charge < -0.3 is 10.1 Å². The first-order valence-electron chi connectivity index (χ1n) is 6.90. The van der Waals surface area contributed by atoms with Crippen LogP contribution in [-0.4, -0.2) is 18.8 Å². The predicted molar refractivity (Wildman–Crippen MR) is 87.4 cm³/mol. The Morgan fingerprint density at radius 2 is 2.00 bits per heavy atom. The SMILES string of the molecule is COc1ccc(F)cc1CSCC(=O)NCc1ccccc1. The molecule has 1 amide bonds. The molecule has 0 unspecified atom stereocenters. The van der Waals surface area contributed by atoms with Gasteiger partial charge in [0.25, 0.3) is 0 Å². The first-order valence-corrected chi connectivity index (χ1v) is 8.05. The maximum Gasteiger partial charge on any atom is 0.230 e. The number of amides is 1. The van der Waals surface area contributed by atoms with Gasteiger partial charge in [-0.25, -0.2) is 4.39 Å². The van der Waals surface area contributed by atoms with Gasteiger partial charge in [-0.05, 0) is 23.8 Å². The molecule has 0 spiro atoms. The fourth-order valence-electron chi connectivity index (χ4n) is 1.96. The van der Waals surface area contributed by atoms with Crippen molar-refractivity contribution >= 4 is 17.7 Å². The van der Waals surface area contributed by atoms with Crippen molar-refractivity contribution in [2.75, 3.05) is 12.9 Å². The normalized spacial score (nSPS) is 10.3. The van der Waals surface area contributed by atoms with E-state index in [-0.39, 0.29) is 11.7 Å². The number of hydrogen-bond acceptors (Lipinski definition) is 3. The number of carbonyl (C=O) groups excluding carboxylic acids is 1. The minimum Gasteiger partial charge on any atom is -0.496 e. The van der Waals surface area contributed by atoms with E-state index in [2.05, 4.69) is 5.32 Å². The Labute approximate surface area is 133 Å². The number of nitrogens with one attached hydrogen (secondary N) is 1. The van der Waals surface area contributed by atoms with Crippen LogP contribution in [0.5, 0.6) is 5.75 Å². The maximum absolute atomic E-state index is 13.2. The van der Waals surface area contributed by atoms with Crippen molar-refractivity contribution in [1.29, 1.82) is 0 Å². The van der Waals surface area contributed by atoms with E-state index in [1.807, 2.05) is 30.3 Å². The van der Waals surface area contributed by atoms with Crippen LogP contribution in [0.3, 0.4) is 0 Å². The molecule has 0 aromatic heterocycles. The monoisotopic (exact) mass is 319 g/mol. The lowest BCUT2D eigenvalue weighted by atomic mass is 10.2. The minimum atomic E-state index is -0.301. The summed E-state index contributed by atoms with van der Waals surface area (Å²) in [6.45, 7) is 0.517. The van der Waals surface area contributed by atoms with Gasteiger partial charge in [0, 0.05) is 17.9 Å². The number of rotatable bonds is 7. The molecular weight excluding hydrogens is 301 g/mol. The molecule has 0 heterocycles. The van der Waals surface area contributed by atoms with E-state index in [9.17, 15) is 9.18 Å². The second-order valence-corrected chi connectivity index (χ2v) is 5.70. The van der Waals surface area contributed by atoms with Gasteiger partial charge in [-0.3, -0.25) is 4.79 Å². The van der Waals surface area contributed by atoms with E-state index in [0.717, 1.165) is 11.1 Å². The minimum absolute atomic E-state index is 0.0378. The second-order valence-electron chi connectivity index (χ2n) is 4.71. The molecule has 22 heavy (non-hydrogen) atoms. The van der Waals surface area contributed by atoms with Crippen LogP contribution >= 0.6 is 11.8 Å². The summed E-state index contributed by atoms with van der Waals surface area (Å²) in [6.07, 6.45) is 0. The summed E-state index contributed by atoms with van der Waals surface area (Å²) < 4.78 is 18.4. The molecule has 0 atom stereocenters. The highest BCUT2D eigenvalue weighted by Crippen LogP contribution is 2.23. The summed E-state index contributed by atoms with van der Waals surface area (Å²) in [7, 11) is 1.55. The first-order chi connectivity index (χ1) is 10.7. The number of carbonyl (C=O) groups is 1. The highest BCUT2D eigenvalue weighted by atomic mass is 32.2. The molecule has 0 aliphatic rings. The summed E-state index contributed by atoms with van der Waals surface area (Å²) >= 11 is 1.43. The zero-order chi connectivity index (χ0) is 15.8. The molecule has 0 aliphatic heterocycles. The molecule has 116 valence electrons. The fraction of sp³-hybridized carbons (Fsp3) is 0.235. The van der Waals surface area contributed by atoms with Crippen molar-refractivity contribution in [3.63, 3.8) is 0 Å². The molecular formula is C17H18FNO2S. The number of halogens is 1. The summed E-state index contributed by atoms with van der Waals surface area (Å²) in [5.41, 5.74) is 1.82. The Morgan fingerprint density at radius 1 is 1.23 bits per heavy atom. The van der Waals surface area contributed by atoms with Crippen molar-refractivity contribution in [1.82, 2.24) is 5.32 Å². The standard InChI is InChI=1S/C17H18FNO2S/c1-21-16-8-7-15(18)9-14(16)11-22-12-17(20)19-10-13-5-3-2-4-6-13/h2-9H,10-12H2,1H3,(H,19,20). The van der Waals surface area contributed by atoms with Gasteiger partial charge in [-0.1, -0.05) is 30.3 Å². The molecule has 5 heteroatoms.